The van der Waals surface area contributed by atoms with Gasteiger partial charge in [0.25, 0.3) is 11.1 Å². The molecule has 1 aliphatic heterocycles. The number of carbonyl (C=O) groups is 2. The van der Waals surface area contributed by atoms with Crippen molar-refractivity contribution in [1.82, 2.24) is 4.57 Å². The molecule has 0 unspecified atom stereocenters. The molecular formula is C19H12F2N2O2S. The van der Waals surface area contributed by atoms with E-state index in [1.54, 1.807) is 22.9 Å². The van der Waals surface area contributed by atoms with E-state index in [1.807, 2.05) is 12.1 Å². The van der Waals surface area contributed by atoms with E-state index in [0.29, 0.717) is 16.6 Å². The van der Waals surface area contributed by atoms with Gasteiger partial charge >= 0.3 is 0 Å². The fourth-order valence-corrected chi connectivity index (χ4v) is 3.64. The molecule has 0 radical (unpaired) electrons. The molecule has 2 amide bonds. The van der Waals surface area contributed by atoms with Crippen LogP contribution < -0.4 is 4.90 Å². The zero-order chi connectivity index (χ0) is 18.4. The van der Waals surface area contributed by atoms with Crippen molar-refractivity contribution in [1.29, 1.82) is 0 Å². The number of rotatable bonds is 3. The van der Waals surface area contributed by atoms with Gasteiger partial charge in [-0.25, -0.2) is 13.7 Å². The maximum atomic E-state index is 13.5. The normalized spacial score (nSPS) is 14.7. The highest BCUT2D eigenvalue weighted by atomic mass is 32.2. The van der Waals surface area contributed by atoms with Gasteiger partial charge in [0.15, 0.2) is 11.6 Å². The molecule has 2 heterocycles. The number of carbonyl (C=O) groups excluding carboxylic acids is 2. The summed E-state index contributed by atoms with van der Waals surface area (Å²) >= 11 is 0.799. The fourth-order valence-electron chi connectivity index (χ4n) is 2.98. The Labute approximate surface area is 151 Å². The maximum Gasteiger partial charge on any atom is 0.298 e. The molecule has 0 aliphatic carbocycles. The third-order valence-electron chi connectivity index (χ3n) is 4.18. The molecular weight excluding hydrogens is 358 g/mol. The van der Waals surface area contributed by atoms with Crippen molar-refractivity contribution in [3.63, 3.8) is 0 Å². The smallest absolute Gasteiger partial charge is 0.298 e. The number of hydrogen-bond acceptors (Lipinski definition) is 3. The zero-order valence-corrected chi connectivity index (χ0v) is 14.2. The van der Waals surface area contributed by atoms with Gasteiger partial charge in [-0.1, -0.05) is 30.8 Å². The third kappa shape index (κ3) is 2.61. The highest BCUT2D eigenvalue weighted by Gasteiger charge is 2.36. The lowest BCUT2D eigenvalue weighted by atomic mass is 10.2. The first-order valence-electron chi connectivity index (χ1n) is 7.72. The number of anilines is 1. The molecule has 1 saturated heterocycles. The second kappa shape index (κ2) is 6.10. The van der Waals surface area contributed by atoms with Crippen LogP contribution in [0, 0.1) is 11.6 Å². The Hall–Kier alpha value is -2.93. The number of fused-ring (bicyclic) bond motifs is 1. The molecule has 0 bridgehead atoms. The molecule has 0 saturated carbocycles. The van der Waals surface area contributed by atoms with E-state index in [9.17, 15) is 18.4 Å². The molecule has 0 spiro atoms. The van der Waals surface area contributed by atoms with Gasteiger partial charge in [-0.2, -0.15) is 0 Å². The minimum absolute atomic E-state index is 0.174. The Balaban J connectivity index is 1.82. The molecule has 1 fully saturated rings. The summed E-state index contributed by atoms with van der Waals surface area (Å²) in [5.74, 6) is -2.27. The molecule has 1 aromatic heterocycles. The zero-order valence-electron chi connectivity index (χ0n) is 13.4. The number of nitrogens with zero attached hydrogens (tertiary/aromatic N) is 2. The van der Waals surface area contributed by atoms with Crippen molar-refractivity contribution in [2.45, 2.75) is 6.54 Å². The van der Waals surface area contributed by atoms with Crippen LogP contribution in [0.25, 0.3) is 10.9 Å². The van der Waals surface area contributed by atoms with E-state index in [4.69, 9.17) is 0 Å². The lowest BCUT2D eigenvalue weighted by Gasteiger charge is -2.10. The number of imide groups is 1. The highest BCUT2D eigenvalue weighted by Crippen LogP contribution is 2.38. The summed E-state index contributed by atoms with van der Waals surface area (Å²) in [5, 5.41) is 0.308. The minimum Gasteiger partial charge on any atom is -0.341 e. The molecule has 7 heteroatoms. The number of benzene rings is 2. The van der Waals surface area contributed by atoms with E-state index in [2.05, 4.69) is 6.58 Å². The fraction of sp³-hybridized carbons (Fsp3) is 0.0526. The van der Waals surface area contributed by atoms with Gasteiger partial charge in [-0.3, -0.25) is 9.59 Å². The first kappa shape index (κ1) is 16.5. The van der Waals surface area contributed by atoms with Crippen LogP contribution >= 0.6 is 11.8 Å². The van der Waals surface area contributed by atoms with Crippen molar-refractivity contribution in [2.24, 2.45) is 0 Å². The molecule has 0 atom stereocenters. The predicted octanol–water partition coefficient (Wildman–Crippen LogP) is 4.68. The van der Waals surface area contributed by atoms with Crippen LogP contribution in [0.5, 0.6) is 0 Å². The molecule has 3 aromatic rings. The van der Waals surface area contributed by atoms with E-state index in [1.165, 1.54) is 6.07 Å². The van der Waals surface area contributed by atoms with Gasteiger partial charge in [0.1, 0.15) is 0 Å². The van der Waals surface area contributed by atoms with E-state index < -0.39 is 22.8 Å². The first-order chi connectivity index (χ1) is 12.5. The van der Waals surface area contributed by atoms with Crippen molar-refractivity contribution in [3.05, 3.63) is 77.3 Å². The highest BCUT2D eigenvalue weighted by molar-refractivity contribution is 8.18. The average molecular weight is 370 g/mol. The summed E-state index contributed by atoms with van der Waals surface area (Å²) in [4.78, 5) is 25.8. The van der Waals surface area contributed by atoms with Gasteiger partial charge in [0.2, 0.25) is 0 Å². The number of aromatic nitrogens is 1. The summed E-state index contributed by atoms with van der Waals surface area (Å²) in [6, 6.07) is 11.0. The van der Waals surface area contributed by atoms with Crippen molar-refractivity contribution in [3.8, 4) is 0 Å². The van der Waals surface area contributed by atoms with Crippen molar-refractivity contribution in [2.75, 3.05) is 4.90 Å². The van der Waals surface area contributed by atoms with Crippen molar-refractivity contribution < 1.29 is 18.4 Å². The summed E-state index contributed by atoms with van der Waals surface area (Å²) < 4.78 is 28.4. The van der Waals surface area contributed by atoms with Gasteiger partial charge in [-0.15, -0.1) is 0 Å². The van der Waals surface area contributed by atoms with E-state index >= 15 is 0 Å². The van der Waals surface area contributed by atoms with Crippen molar-refractivity contribution >= 4 is 39.5 Å². The standard InChI is InChI=1S/C19H12F2N2O2S/c1-11-18(24)23(19(25)26-11)17-10-22(16-5-3-2-4-13(16)17)9-12-6-7-14(20)15(21)8-12/h2-8,10H,1,9H2. The number of thioether (sulfide) groups is 1. The Morgan fingerprint density at radius 2 is 1.81 bits per heavy atom. The van der Waals surface area contributed by atoms with Crippen LogP contribution in [-0.2, 0) is 11.3 Å². The Bertz CT molecular complexity index is 1090. The second-order valence-corrected chi connectivity index (χ2v) is 6.89. The largest absolute Gasteiger partial charge is 0.341 e. The molecule has 0 N–H and O–H groups in total. The third-order valence-corrected chi connectivity index (χ3v) is 4.96. The summed E-state index contributed by atoms with van der Waals surface area (Å²) in [6.07, 6.45) is 1.67. The minimum atomic E-state index is -0.920. The molecule has 2 aromatic carbocycles. The molecule has 1 aliphatic rings. The monoisotopic (exact) mass is 370 g/mol. The predicted molar refractivity (Wildman–Crippen MR) is 97.0 cm³/mol. The summed E-state index contributed by atoms with van der Waals surface area (Å²) in [5.41, 5.74) is 1.79. The van der Waals surface area contributed by atoms with E-state index in [0.717, 1.165) is 34.3 Å². The van der Waals surface area contributed by atoms with Gasteiger partial charge in [0.05, 0.1) is 16.1 Å². The average Bonchev–Trinajstić information content (AvgIpc) is 3.08. The Morgan fingerprint density at radius 1 is 1.04 bits per heavy atom. The summed E-state index contributed by atoms with van der Waals surface area (Å²) in [6.45, 7) is 3.87. The van der Waals surface area contributed by atoms with Crippen LogP contribution in [0.15, 0.2) is 60.1 Å². The SMILES string of the molecule is C=C1SC(=O)N(c2cn(Cc3ccc(F)c(F)c3)c3ccccc23)C1=O. The topological polar surface area (TPSA) is 42.3 Å². The number of hydrogen-bond donors (Lipinski definition) is 0. The number of para-hydroxylation sites is 1. The Kier molecular flexibility index (Phi) is 3.88. The second-order valence-electron chi connectivity index (χ2n) is 5.84. The molecule has 4 nitrogen and oxygen atoms in total. The number of amides is 2. The lowest BCUT2D eigenvalue weighted by molar-refractivity contribution is -0.113. The van der Waals surface area contributed by atoms with E-state index in [-0.39, 0.29) is 11.4 Å². The first-order valence-corrected chi connectivity index (χ1v) is 8.54. The van der Waals surface area contributed by atoms with Gasteiger partial charge in [0, 0.05) is 18.1 Å². The van der Waals surface area contributed by atoms with Crippen LogP contribution in [-0.4, -0.2) is 15.7 Å². The summed E-state index contributed by atoms with van der Waals surface area (Å²) in [7, 11) is 0. The van der Waals surface area contributed by atoms with Gasteiger partial charge < -0.3 is 4.57 Å². The Morgan fingerprint density at radius 3 is 2.50 bits per heavy atom. The van der Waals surface area contributed by atoms with Crippen LogP contribution in [0.3, 0.4) is 0 Å². The van der Waals surface area contributed by atoms with Crippen LogP contribution in [0.1, 0.15) is 5.56 Å². The van der Waals surface area contributed by atoms with Crippen LogP contribution in [0.4, 0.5) is 19.3 Å². The maximum absolute atomic E-state index is 13.5. The molecule has 26 heavy (non-hydrogen) atoms. The van der Waals surface area contributed by atoms with Crippen LogP contribution in [0.2, 0.25) is 0 Å². The molecule has 130 valence electrons. The number of halogens is 2. The molecule has 4 rings (SSSR count). The lowest BCUT2D eigenvalue weighted by Crippen LogP contribution is -2.27. The quantitative estimate of drug-likeness (QED) is 0.629. The van der Waals surface area contributed by atoms with Gasteiger partial charge in [-0.05, 0) is 35.5 Å².